The number of nitrogens with one attached hydrogen (secondary N) is 1. The van der Waals surface area contributed by atoms with Crippen molar-refractivity contribution in [2.24, 2.45) is 17.6 Å². The summed E-state index contributed by atoms with van der Waals surface area (Å²) in [5.41, 5.74) is 8.33. The number of methoxy groups -OCH3 is 1. The molecule has 0 amide bonds. The molecule has 0 aliphatic rings. The first kappa shape index (κ1) is 16.1. The average Bonchev–Trinajstić information content (AvgIpc) is 2.45. The fourth-order valence-corrected chi connectivity index (χ4v) is 2.80. The molecule has 1 heterocycles. The van der Waals surface area contributed by atoms with Gasteiger partial charge in [0.2, 0.25) is 5.56 Å². The van der Waals surface area contributed by atoms with Crippen molar-refractivity contribution in [2.75, 3.05) is 7.11 Å². The Bertz CT molecular complexity index is 731. The summed E-state index contributed by atoms with van der Waals surface area (Å²) in [4.78, 5) is 14.5. The van der Waals surface area contributed by atoms with Crippen molar-refractivity contribution < 1.29 is 4.74 Å². The third-order valence-corrected chi connectivity index (χ3v) is 4.12. The fraction of sp³-hybridized carbons (Fsp3) is 0.389. The minimum Gasteiger partial charge on any atom is -0.495 e. The Balaban J connectivity index is 2.47. The van der Waals surface area contributed by atoms with E-state index in [9.17, 15) is 4.79 Å². The number of rotatable bonds is 6. The Morgan fingerprint density at radius 1 is 1.32 bits per heavy atom. The highest BCUT2D eigenvalue weighted by atomic mass is 16.5. The highest BCUT2D eigenvalue weighted by Crippen LogP contribution is 2.30. The minimum absolute atomic E-state index is 0.126. The van der Waals surface area contributed by atoms with E-state index < -0.39 is 0 Å². The van der Waals surface area contributed by atoms with Crippen LogP contribution in [0.3, 0.4) is 0 Å². The Kier molecular flexibility index (Phi) is 4.91. The number of aromatic amines is 1. The Morgan fingerprint density at radius 3 is 2.64 bits per heavy atom. The monoisotopic (exact) mass is 300 g/mol. The first-order valence-corrected chi connectivity index (χ1v) is 7.54. The molecule has 3 N–H and O–H groups in total. The highest BCUT2D eigenvalue weighted by molar-refractivity contribution is 5.87. The Labute approximate surface area is 131 Å². The maximum Gasteiger partial charge on any atom is 0.248 e. The predicted octanol–water partition coefficient (Wildman–Crippen LogP) is 3.21. The van der Waals surface area contributed by atoms with Gasteiger partial charge in [-0.2, -0.15) is 0 Å². The van der Waals surface area contributed by atoms with E-state index in [0.717, 1.165) is 23.7 Å². The van der Waals surface area contributed by atoms with E-state index in [-0.39, 0.29) is 5.56 Å². The van der Waals surface area contributed by atoms with Gasteiger partial charge in [-0.25, -0.2) is 0 Å². The highest BCUT2D eigenvalue weighted by Gasteiger charge is 2.17. The number of aromatic nitrogens is 1. The Morgan fingerprint density at radius 2 is 2.05 bits per heavy atom. The van der Waals surface area contributed by atoms with E-state index in [1.54, 1.807) is 13.2 Å². The molecule has 0 fully saturated rings. The van der Waals surface area contributed by atoms with Crippen LogP contribution >= 0.6 is 0 Å². The topological polar surface area (TPSA) is 68.1 Å². The van der Waals surface area contributed by atoms with Crippen LogP contribution in [-0.2, 0) is 6.42 Å². The second-order valence-electron chi connectivity index (χ2n) is 6.11. The van der Waals surface area contributed by atoms with Gasteiger partial charge in [0.15, 0.2) is 0 Å². The third kappa shape index (κ3) is 3.50. The maximum atomic E-state index is 11.6. The van der Waals surface area contributed by atoms with Gasteiger partial charge in [0.1, 0.15) is 5.75 Å². The average molecular weight is 300 g/mol. The molecule has 0 saturated heterocycles. The van der Waals surface area contributed by atoms with E-state index in [1.165, 1.54) is 5.56 Å². The molecule has 1 atom stereocenters. The molecule has 0 aliphatic heterocycles. The quantitative estimate of drug-likeness (QED) is 0.860. The van der Waals surface area contributed by atoms with Crippen LogP contribution in [0.1, 0.15) is 25.8 Å². The molecule has 4 nitrogen and oxygen atoms in total. The molecule has 22 heavy (non-hydrogen) atoms. The third-order valence-electron chi connectivity index (χ3n) is 4.12. The number of hydrogen-bond acceptors (Lipinski definition) is 3. The summed E-state index contributed by atoms with van der Waals surface area (Å²) in [6.07, 6.45) is 1.69. The summed E-state index contributed by atoms with van der Waals surface area (Å²) in [6, 6.07) is 7.38. The molecule has 0 radical (unpaired) electrons. The zero-order valence-corrected chi connectivity index (χ0v) is 13.5. The van der Waals surface area contributed by atoms with Crippen molar-refractivity contribution in [1.82, 2.24) is 4.98 Å². The van der Waals surface area contributed by atoms with Gasteiger partial charge in [-0.15, -0.1) is 0 Å². The number of pyridine rings is 1. The number of H-pyrrole nitrogens is 1. The summed E-state index contributed by atoms with van der Waals surface area (Å²) in [6.45, 7) is 8.22. The molecule has 1 aromatic heterocycles. The second kappa shape index (κ2) is 6.69. The minimum atomic E-state index is -0.126. The standard InChI is InChI=1S/C18H24N2O2/c1-11(2)14(9-12(3)19)10-13-5-7-16(22-4)18-15(13)6-8-17(21)20-18/h5-8,11,14H,3,9-10,19H2,1-2,4H3,(H,20,21). The predicted molar refractivity (Wildman–Crippen MR) is 91.1 cm³/mol. The summed E-state index contributed by atoms with van der Waals surface area (Å²) in [5, 5.41) is 1.02. The number of nitrogens with two attached hydrogens (primary N) is 1. The van der Waals surface area contributed by atoms with Crippen LogP contribution in [0.2, 0.25) is 0 Å². The molecular formula is C18H24N2O2. The maximum absolute atomic E-state index is 11.6. The first-order valence-electron chi connectivity index (χ1n) is 7.54. The van der Waals surface area contributed by atoms with Gasteiger partial charge in [0.25, 0.3) is 0 Å². The van der Waals surface area contributed by atoms with Crippen LogP contribution < -0.4 is 16.0 Å². The summed E-state index contributed by atoms with van der Waals surface area (Å²) in [5.74, 6) is 1.60. The van der Waals surface area contributed by atoms with Crippen LogP contribution in [-0.4, -0.2) is 12.1 Å². The Hall–Kier alpha value is -2.23. The molecule has 2 rings (SSSR count). The molecule has 2 aromatic rings. The van der Waals surface area contributed by atoms with Gasteiger partial charge in [0, 0.05) is 17.1 Å². The first-order chi connectivity index (χ1) is 10.4. The normalized spacial score (nSPS) is 12.5. The fourth-order valence-electron chi connectivity index (χ4n) is 2.80. The molecule has 0 aliphatic carbocycles. The second-order valence-corrected chi connectivity index (χ2v) is 6.11. The lowest BCUT2D eigenvalue weighted by atomic mass is 9.85. The van der Waals surface area contributed by atoms with Crippen molar-refractivity contribution in [3.63, 3.8) is 0 Å². The summed E-state index contributed by atoms with van der Waals surface area (Å²) >= 11 is 0. The SMILES string of the molecule is C=C(N)CC(Cc1ccc(OC)c2[nH]c(=O)ccc12)C(C)C. The zero-order chi connectivity index (χ0) is 16.3. The lowest BCUT2D eigenvalue weighted by molar-refractivity contribution is 0.379. The molecule has 0 saturated carbocycles. The van der Waals surface area contributed by atoms with Crippen LogP contribution in [0, 0.1) is 11.8 Å². The van der Waals surface area contributed by atoms with E-state index in [1.807, 2.05) is 12.1 Å². The van der Waals surface area contributed by atoms with E-state index >= 15 is 0 Å². The van der Waals surface area contributed by atoms with Gasteiger partial charge in [0.05, 0.1) is 12.6 Å². The molecular weight excluding hydrogens is 276 g/mol. The molecule has 118 valence electrons. The van der Waals surface area contributed by atoms with Crippen LogP contribution in [0.5, 0.6) is 5.75 Å². The number of hydrogen-bond donors (Lipinski definition) is 2. The number of benzene rings is 1. The van der Waals surface area contributed by atoms with Crippen LogP contribution in [0.4, 0.5) is 0 Å². The van der Waals surface area contributed by atoms with Gasteiger partial charge in [-0.05, 0) is 42.4 Å². The van der Waals surface area contributed by atoms with Gasteiger partial charge >= 0.3 is 0 Å². The number of ether oxygens (including phenoxy) is 1. The summed E-state index contributed by atoms with van der Waals surface area (Å²) < 4.78 is 5.35. The number of allylic oxidation sites excluding steroid dienone is 1. The van der Waals surface area contributed by atoms with Crippen molar-refractivity contribution in [3.8, 4) is 5.75 Å². The van der Waals surface area contributed by atoms with E-state index in [0.29, 0.717) is 23.3 Å². The number of fused-ring (bicyclic) bond motifs is 1. The molecule has 0 bridgehead atoms. The van der Waals surface area contributed by atoms with Crippen molar-refractivity contribution in [2.45, 2.75) is 26.7 Å². The van der Waals surface area contributed by atoms with Gasteiger partial charge < -0.3 is 15.5 Å². The summed E-state index contributed by atoms with van der Waals surface area (Å²) in [7, 11) is 1.61. The van der Waals surface area contributed by atoms with Gasteiger partial charge in [-0.1, -0.05) is 26.5 Å². The molecule has 4 heteroatoms. The smallest absolute Gasteiger partial charge is 0.248 e. The molecule has 0 spiro atoms. The van der Waals surface area contributed by atoms with E-state index in [4.69, 9.17) is 10.5 Å². The van der Waals surface area contributed by atoms with Gasteiger partial charge in [-0.3, -0.25) is 4.79 Å². The largest absolute Gasteiger partial charge is 0.495 e. The van der Waals surface area contributed by atoms with Crippen molar-refractivity contribution in [1.29, 1.82) is 0 Å². The zero-order valence-electron chi connectivity index (χ0n) is 13.5. The van der Waals surface area contributed by atoms with Crippen molar-refractivity contribution >= 4 is 10.9 Å². The molecule has 1 aromatic carbocycles. The van der Waals surface area contributed by atoms with Crippen molar-refractivity contribution in [3.05, 3.63) is 52.5 Å². The molecule has 1 unspecified atom stereocenters. The van der Waals surface area contributed by atoms with Crippen LogP contribution in [0.25, 0.3) is 10.9 Å². The van der Waals surface area contributed by atoms with E-state index in [2.05, 4.69) is 31.5 Å². The lowest BCUT2D eigenvalue weighted by Gasteiger charge is -2.22. The lowest BCUT2D eigenvalue weighted by Crippen LogP contribution is -2.16. The van der Waals surface area contributed by atoms with Crippen LogP contribution in [0.15, 0.2) is 41.3 Å².